The van der Waals surface area contributed by atoms with E-state index in [1.807, 2.05) is 24.5 Å². The summed E-state index contributed by atoms with van der Waals surface area (Å²) in [5.74, 6) is 1.82. The van der Waals surface area contributed by atoms with Crippen LogP contribution in [0.15, 0.2) is 73.1 Å². The zero-order chi connectivity index (χ0) is 27.2. The van der Waals surface area contributed by atoms with E-state index in [1.54, 1.807) is 21.3 Å². The van der Waals surface area contributed by atoms with Crippen molar-refractivity contribution in [2.45, 2.75) is 20.0 Å². The van der Waals surface area contributed by atoms with Crippen LogP contribution in [0.25, 0.3) is 22.5 Å². The number of rotatable bonds is 9. The molecule has 1 fully saturated rings. The molecular weight excluding hydrogens is 488 g/mol. The van der Waals surface area contributed by atoms with E-state index in [0.717, 1.165) is 61.8 Å². The van der Waals surface area contributed by atoms with Crippen LogP contribution in [0.3, 0.4) is 0 Å². The summed E-state index contributed by atoms with van der Waals surface area (Å²) in [6.45, 7) is 8.06. The number of aromatic nitrogens is 2. The standard InChI is InChI=1S/C32H36N4O3/c1-23-5-7-26(8-6-23)28-17-24(9-11-33-28)21-35-13-15-36(16-14-35)22-25-10-12-34-29(18-25)27-19-30(37-2)32(39-4)31(20-27)38-3/h5-12,17-20H,13-16,21-22H2,1-4H3. The van der Waals surface area contributed by atoms with E-state index >= 15 is 0 Å². The molecule has 39 heavy (non-hydrogen) atoms. The van der Waals surface area contributed by atoms with Crippen LogP contribution in [0, 0.1) is 6.92 Å². The highest BCUT2D eigenvalue weighted by Crippen LogP contribution is 2.40. The lowest BCUT2D eigenvalue weighted by molar-refractivity contribution is 0.122. The van der Waals surface area contributed by atoms with Crippen molar-refractivity contribution in [2.75, 3.05) is 47.5 Å². The number of aryl methyl sites for hydroxylation is 1. The minimum Gasteiger partial charge on any atom is -0.493 e. The van der Waals surface area contributed by atoms with E-state index in [9.17, 15) is 0 Å². The van der Waals surface area contributed by atoms with Crippen LogP contribution in [0.2, 0.25) is 0 Å². The Morgan fingerprint density at radius 1 is 0.615 bits per heavy atom. The van der Waals surface area contributed by atoms with Crippen LogP contribution in [-0.4, -0.2) is 67.3 Å². The van der Waals surface area contributed by atoms with Gasteiger partial charge in [-0.05, 0) is 54.4 Å². The molecule has 0 atom stereocenters. The Hall–Kier alpha value is -3.94. The predicted molar refractivity (Wildman–Crippen MR) is 154 cm³/mol. The number of ether oxygens (including phenoxy) is 3. The maximum atomic E-state index is 5.53. The molecule has 0 amide bonds. The lowest BCUT2D eigenvalue weighted by Crippen LogP contribution is -2.45. The topological polar surface area (TPSA) is 60.0 Å². The van der Waals surface area contributed by atoms with E-state index in [1.165, 1.54) is 16.7 Å². The molecule has 2 aromatic heterocycles. The molecule has 2 aromatic carbocycles. The maximum Gasteiger partial charge on any atom is 0.203 e. The summed E-state index contributed by atoms with van der Waals surface area (Å²) in [7, 11) is 4.86. The van der Waals surface area contributed by atoms with Gasteiger partial charge in [0.05, 0.1) is 32.7 Å². The molecule has 0 aliphatic carbocycles. The Morgan fingerprint density at radius 3 is 1.56 bits per heavy atom. The summed E-state index contributed by atoms with van der Waals surface area (Å²) in [6.07, 6.45) is 3.80. The first kappa shape index (κ1) is 26.7. The second-order valence-electron chi connectivity index (χ2n) is 9.93. The Balaban J connectivity index is 1.20. The number of methoxy groups -OCH3 is 3. The van der Waals surface area contributed by atoms with Crippen LogP contribution in [-0.2, 0) is 13.1 Å². The summed E-state index contributed by atoms with van der Waals surface area (Å²) in [5.41, 5.74) is 7.81. The average molecular weight is 525 g/mol. The molecule has 0 N–H and O–H groups in total. The van der Waals surface area contributed by atoms with Crippen molar-refractivity contribution >= 4 is 0 Å². The highest BCUT2D eigenvalue weighted by molar-refractivity contribution is 5.69. The number of hydrogen-bond acceptors (Lipinski definition) is 7. The fraction of sp³-hybridized carbons (Fsp3) is 0.312. The third kappa shape index (κ3) is 6.38. The minimum absolute atomic E-state index is 0.580. The van der Waals surface area contributed by atoms with Crippen molar-refractivity contribution in [3.8, 4) is 39.8 Å². The number of piperazine rings is 1. The number of nitrogens with zero attached hydrogens (tertiary/aromatic N) is 4. The monoisotopic (exact) mass is 524 g/mol. The normalized spacial score (nSPS) is 14.3. The molecule has 7 heteroatoms. The highest BCUT2D eigenvalue weighted by atomic mass is 16.5. The molecule has 0 saturated carbocycles. The van der Waals surface area contributed by atoms with E-state index in [4.69, 9.17) is 14.2 Å². The van der Waals surface area contributed by atoms with Crippen molar-refractivity contribution in [2.24, 2.45) is 0 Å². The van der Waals surface area contributed by atoms with E-state index < -0.39 is 0 Å². The van der Waals surface area contributed by atoms with Gasteiger partial charge in [0.1, 0.15) is 0 Å². The van der Waals surface area contributed by atoms with Gasteiger partial charge < -0.3 is 14.2 Å². The van der Waals surface area contributed by atoms with Crippen LogP contribution in [0.4, 0.5) is 0 Å². The molecule has 1 aliphatic rings. The second kappa shape index (κ2) is 12.3. The molecule has 0 unspecified atom stereocenters. The number of hydrogen-bond donors (Lipinski definition) is 0. The zero-order valence-electron chi connectivity index (χ0n) is 23.2. The molecule has 1 saturated heterocycles. The molecule has 5 rings (SSSR count). The Kier molecular flexibility index (Phi) is 8.39. The number of pyridine rings is 2. The Morgan fingerprint density at radius 2 is 1.10 bits per heavy atom. The summed E-state index contributed by atoms with van der Waals surface area (Å²) in [6, 6.07) is 21.0. The zero-order valence-corrected chi connectivity index (χ0v) is 23.2. The van der Waals surface area contributed by atoms with Gasteiger partial charge in [0.15, 0.2) is 11.5 Å². The fourth-order valence-electron chi connectivity index (χ4n) is 5.04. The van der Waals surface area contributed by atoms with Crippen molar-refractivity contribution in [1.29, 1.82) is 0 Å². The molecule has 0 radical (unpaired) electrons. The predicted octanol–water partition coefficient (Wildman–Crippen LogP) is 5.46. The van der Waals surface area contributed by atoms with Gasteiger partial charge in [-0.2, -0.15) is 0 Å². The Bertz CT molecular complexity index is 1370. The van der Waals surface area contributed by atoms with Gasteiger partial charge in [-0.3, -0.25) is 19.8 Å². The van der Waals surface area contributed by atoms with Crippen molar-refractivity contribution in [1.82, 2.24) is 19.8 Å². The summed E-state index contributed by atoms with van der Waals surface area (Å²) in [4.78, 5) is 14.2. The van der Waals surface area contributed by atoms with E-state index in [2.05, 4.69) is 75.2 Å². The molecule has 0 bridgehead atoms. The second-order valence-corrected chi connectivity index (χ2v) is 9.93. The van der Waals surface area contributed by atoms with Gasteiger partial charge in [0.25, 0.3) is 0 Å². The van der Waals surface area contributed by atoms with Crippen molar-refractivity contribution < 1.29 is 14.2 Å². The SMILES string of the molecule is COc1cc(-c2cc(CN3CCN(Cc4ccnc(-c5ccc(C)cc5)c4)CC3)ccn2)cc(OC)c1OC. The molecule has 4 aromatic rings. The van der Waals surface area contributed by atoms with Crippen LogP contribution >= 0.6 is 0 Å². The quantitative estimate of drug-likeness (QED) is 0.288. The van der Waals surface area contributed by atoms with E-state index in [0.29, 0.717) is 17.2 Å². The first-order valence-electron chi connectivity index (χ1n) is 13.3. The summed E-state index contributed by atoms with van der Waals surface area (Å²) < 4.78 is 16.5. The van der Waals surface area contributed by atoms with Gasteiger partial charge in [0.2, 0.25) is 5.75 Å². The minimum atomic E-state index is 0.580. The highest BCUT2D eigenvalue weighted by Gasteiger charge is 2.19. The molecule has 3 heterocycles. The van der Waals surface area contributed by atoms with Gasteiger partial charge in [-0.1, -0.05) is 29.8 Å². The van der Waals surface area contributed by atoms with Gasteiger partial charge in [0, 0.05) is 62.8 Å². The summed E-state index contributed by atoms with van der Waals surface area (Å²) in [5, 5.41) is 0. The smallest absolute Gasteiger partial charge is 0.203 e. The van der Waals surface area contributed by atoms with Crippen LogP contribution < -0.4 is 14.2 Å². The summed E-state index contributed by atoms with van der Waals surface area (Å²) >= 11 is 0. The fourth-order valence-corrected chi connectivity index (χ4v) is 5.04. The first-order chi connectivity index (χ1) is 19.1. The maximum absolute atomic E-state index is 5.53. The average Bonchev–Trinajstić information content (AvgIpc) is 2.98. The molecule has 7 nitrogen and oxygen atoms in total. The molecule has 202 valence electrons. The van der Waals surface area contributed by atoms with E-state index in [-0.39, 0.29) is 0 Å². The lowest BCUT2D eigenvalue weighted by Gasteiger charge is -2.34. The van der Waals surface area contributed by atoms with Crippen molar-refractivity contribution in [3.63, 3.8) is 0 Å². The third-order valence-corrected chi connectivity index (χ3v) is 7.23. The third-order valence-electron chi connectivity index (χ3n) is 7.23. The van der Waals surface area contributed by atoms with Gasteiger partial charge >= 0.3 is 0 Å². The largest absolute Gasteiger partial charge is 0.493 e. The lowest BCUT2D eigenvalue weighted by atomic mass is 10.1. The van der Waals surface area contributed by atoms with Crippen LogP contribution in [0.5, 0.6) is 17.2 Å². The first-order valence-corrected chi connectivity index (χ1v) is 13.3. The van der Waals surface area contributed by atoms with Crippen molar-refractivity contribution in [3.05, 3.63) is 89.7 Å². The molecule has 1 aliphatic heterocycles. The number of benzene rings is 2. The van der Waals surface area contributed by atoms with Crippen LogP contribution in [0.1, 0.15) is 16.7 Å². The van der Waals surface area contributed by atoms with Gasteiger partial charge in [-0.15, -0.1) is 0 Å². The molecule has 0 spiro atoms. The Labute approximate surface area is 231 Å². The van der Waals surface area contributed by atoms with Gasteiger partial charge in [-0.25, -0.2) is 0 Å². The molecular formula is C32H36N4O3.